The van der Waals surface area contributed by atoms with Crippen LogP contribution in [0.15, 0.2) is 42.5 Å². The number of rotatable bonds is 1. The second-order valence-corrected chi connectivity index (χ2v) is 7.77. The highest BCUT2D eigenvalue weighted by atomic mass is 35.5. The minimum Gasteiger partial charge on any atom is -0.367 e. The minimum atomic E-state index is 0.423. The highest BCUT2D eigenvalue weighted by Gasteiger charge is 2.42. The molecule has 3 atom stereocenters. The summed E-state index contributed by atoms with van der Waals surface area (Å²) in [5.74, 6) is 1.07. The molecule has 3 aliphatic rings. The van der Waals surface area contributed by atoms with Gasteiger partial charge in [0.1, 0.15) is 0 Å². The van der Waals surface area contributed by atoms with Crippen molar-refractivity contribution in [3.8, 4) is 0 Å². The zero-order valence-corrected chi connectivity index (χ0v) is 14.6. The molecule has 3 aliphatic heterocycles. The summed E-state index contributed by atoms with van der Waals surface area (Å²) in [6.07, 6.45) is 3.68. The van der Waals surface area contributed by atoms with Crippen molar-refractivity contribution >= 4 is 17.3 Å². The molecule has 0 aromatic heterocycles. The molecule has 24 heavy (non-hydrogen) atoms. The molecule has 0 aliphatic carbocycles. The summed E-state index contributed by atoms with van der Waals surface area (Å²) in [6, 6.07) is 16.1. The van der Waals surface area contributed by atoms with E-state index in [1.807, 2.05) is 12.1 Å². The number of fused-ring (bicyclic) bond motifs is 3. The van der Waals surface area contributed by atoms with Crippen molar-refractivity contribution in [1.82, 2.24) is 5.32 Å². The number of anilines is 1. The van der Waals surface area contributed by atoms with Gasteiger partial charge in [0.25, 0.3) is 0 Å². The molecule has 1 unspecified atom stereocenters. The van der Waals surface area contributed by atoms with Gasteiger partial charge in [-0.3, -0.25) is 0 Å². The number of para-hydroxylation sites is 1. The average molecular weight is 339 g/mol. The molecule has 0 radical (unpaired) electrons. The summed E-state index contributed by atoms with van der Waals surface area (Å²) in [4.78, 5) is 2.73. The lowest BCUT2D eigenvalue weighted by atomic mass is 9.84. The van der Waals surface area contributed by atoms with E-state index in [0.717, 1.165) is 18.1 Å². The number of piperidine rings is 1. The zero-order valence-electron chi connectivity index (χ0n) is 13.8. The van der Waals surface area contributed by atoms with Crippen LogP contribution in [-0.2, 0) is 0 Å². The molecule has 1 saturated heterocycles. The van der Waals surface area contributed by atoms with Gasteiger partial charge in [-0.1, -0.05) is 48.0 Å². The maximum Gasteiger partial charge on any atom is 0.0444 e. The first-order valence-corrected chi connectivity index (χ1v) is 9.57. The van der Waals surface area contributed by atoms with Gasteiger partial charge >= 0.3 is 0 Å². The lowest BCUT2D eigenvalue weighted by molar-refractivity contribution is 0.401. The number of nitrogens with zero attached hydrogens (tertiary/aromatic N) is 1. The summed E-state index contributed by atoms with van der Waals surface area (Å²) in [5.41, 5.74) is 5.87. The molecule has 2 aromatic rings. The predicted octanol–water partition coefficient (Wildman–Crippen LogP) is 4.53. The molecule has 2 aromatic carbocycles. The highest BCUT2D eigenvalue weighted by Crippen LogP contribution is 2.50. The van der Waals surface area contributed by atoms with E-state index in [2.05, 4.69) is 40.5 Å². The molecule has 0 bridgehead atoms. The highest BCUT2D eigenvalue weighted by molar-refractivity contribution is 6.31. The third-order valence-corrected chi connectivity index (χ3v) is 6.52. The average Bonchev–Trinajstić information content (AvgIpc) is 2.81. The molecule has 0 saturated carbocycles. The van der Waals surface area contributed by atoms with Gasteiger partial charge in [-0.25, -0.2) is 0 Å². The third kappa shape index (κ3) is 2.13. The maximum absolute atomic E-state index is 6.57. The van der Waals surface area contributed by atoms with Gasteiger partial charge in [-0.15, -0.1) is 0 Å². The summed E-state index contributed by atoms with van der Waals surface area (Å²) in [6.45, 7) is 3.45. The van der Waals surface area contributed by atoms with Crippen molar-refractivity contribution in [3.63, 3.8) is 0 Å². The third-order valence-electron chi connectivity index (χ3n) is 6.18. The fourth-order valence-electron chi connectivity index (χ4n) is 5.17. The zero-order chi connectivity index (χ0) is 16.1. The first kappa shape index (κ1) is 14.8. The molecular weight excluding hydrogens is 316 g/mol. The van der Waals surface area contributed by atoms with Gasteiger partial charge in [0.2, 0.25) is 0 Å². The molecule has 0 amide bonds. The predicted molar refractivity (Wildman–Crippen MR) is 100 cm³/mol. The van der Waals surface area contributed by atoms with E-state index in [1.165, 1.54) is 42.6 Å². The Kier molecular flexibility index (Phi) is 3.57. The quantitative estimate of drug-likeness (QED) is 0.821. The summed E-state index contributed by atoms with van der Waals surface area (Å²) >= 11 is 6.57. The Balaban J connectivity index is 1.67. The van der Waals surface area contributed by atoms with Crippen LogP contribution in [0, 0.1) is 0 Å². The number of hydrogen-bond donors (Lipinski definition) is 1. The molecule has 1 fully saturated rings. The lowest BCUT2D eigenvalue weighted by Gasteiger charge is -2.33. The van der Waals surface area contributed by atoms with Crippen molar-refractivity contribution < 1.29 is 0 Å². The fourth-order valence-corrected chi connectivity index (χ4v) is 5.44. The summed E-state index contributed by atoms with van der Waals surface area (Å²) in [5, 5.41) is 4.51. The van der Waals surface area contributed by atoms with Crippen molar-refractivity contribution in [1.29, 1.82) is 0 Å². The van der Waals surface area contributed by atoms with Gasteiger partial charge < -0.3 is 10.2 Å². The van der Waals surface area contributed by atoms with E-state index in [0.29, 0.717) is 17.9 Å². The van der Waals surface area contributed by atoms with Crippen LogP contribution in [0.1, 0.15) is 47.8 Å². The van der Waals surface area contributed by atoms with Gasteiger partial charge in [0.15, 0.2) is 0 Å². The van der Waals surface area contributed by atoms with E-state index in [9.17, 15) is 0 Å². The van der Waals surface area contributed by atoms with Gasteiger partial charge in [-0.05, 0) is 48.6 Å². The SMILES string of the molecule is Clc1ccccc1C1CCCN2c3c1cccc3[C@@H]1CNCC[C@@H]12. The second kappa shape index (κ2) is 5.79. The van der Waals surface area contributed by atoms with Crippen LogP contribution >= 0.6 is 11.6 Å². The Bertz CT molecular complexity index is 772. The minimum absolute atomic E-state index is 0.423. The Hall–Kier alpha value is -1.51. The first-order valence-electron chi connectivity index (χ1n) is 9.19. The van der Waals surface area contributed by atoms with Crippen LogP contribution < -0.4 is 10.2 Å². The maximum atomic E-state index is 6.57. The van der Waals surface area contributed by atoms with Crippen molar-refractivity contribution in [2.24, 2.45) is 0 Å². The van der Waals surface area contributed by atoms with Gasteiger partial charge in [0, 0.05) is 41.7 Å². The van der Waals surface area contributed by atoms with Crippen molar-refractivity contribution in [2.45, 2.75) is 37.1 Å². The number of benzene rings is 2. The van der Waals surface area contributed by atoms with Crippen LogP contribution in [0.2, 0.25) is 5.02 Å². The molecule has 3 heterocycles. The largest absolute Gasteiger partial charge is 0.367 e. The Morgan fingerprint density at radius 3 is 2.71 bits per heavy atom. The van der Waals surface area contributed by atoms with E-state index in [4.69, 9.17) is 11.6 Å². The normalized spacial score (nSPS) is 28.2. The second-order valence-electron chi connectivity index (χ2n) is 7.36. The van der Waals surface area contributed by atoms with Crippen LogP contribution in [0.3, 0.4) is 0 Å². The first-order chi connectivity index (χ1) is 11.8. The molecule has 1 N–H and O–H groups in total. The Morgan fingerprint density at radius 2 is 1.79 bits per heavy atom. The Labute approximate surface area is 148 Å². The molecule has 5 rings (SSSR count). The fraction of sp³-hybridized carbons (Fsp3) is 0.429. The van der Waals surface area contributed by atoms with Crippen molar-refractivity contribution in [3.05, 3.63) is 64.2 Å². The number of halogens is 1. The van der Waals surface area contributed by atoms with Gasteiger partial charge in [-0.2, -0.15) is 0 Å². The van der Waals surface area contributed by atoms with Crippen LogP contribution in [0.4, 0.5) is 5.69 Å². The van der Waals surface area contributed by atoms with Crippen LogP contribution in [-0.4, -0.2) is 25.7 Å². The smallest absolute Gasteiger partial charge is 0.0444 e. The number of hydrogen-bond acceptors (Lipinski definition) is 2. The van der Waals surface area contributed by atoms with E-state index in [-0.39, 0.29) is 0 Å². The molecule has 2 nitrogen and oxygen atoms in total. The van der Waals surface area contributed by atoms with Gasteiger partial charge in [0.05, 0.1) is 0 Å². The Morgan fingerprint density at radius 1 is 0.958 bits per heavy atom. The van der Waals surface area contributed by atoms with E-state index < -0.39 is 0 Å². The van der Waals surface area contributed by atoms with Crippen molar-refractivity contribution in [2.75, 3.05) is 24.5 Å². The molecule has 3 heteroatoms. The van der Waals surface area contributed by atoms with E-state index in [1.54, 1.807) is 5.56 Å². The standard InChI is InChI=1S/C21H23ClN2/c22-19-9-2-1-5-15(19)14-8-4-12-24-20-10-11-23-13-18(20)17-7-3-6-16(14)21(17)24/h1-3,5-7,9,14,18,20,23H,4,8,10-13H2/t14?,18-,20-/m0/s1. The monoisotopic (exact) mass is 338 g/mol. The lowest BCUT2D eigenvalue weighted by Crippen LogP contribution is -2.44. The molecule has 0 spiro atoms. The molecular formula is C21H23ClN2. The molecule has 124 valence electrons. The van der Waals surface area contributed by atoms with E-state index >= 15 is 0 Å². The topological polar surface area (TPSA) is 15.3 Å². The summed E-state index contributed by atoms with van der Waals surface area (Å²) in [7, 11) is 0. The number of nitrogens with one attached hydrogen (secondary N) is 1. The summed E-state index contributed by atoms with van der Waals surface area (Å²) < 4.78 is 0. The van der Waals surface area contributed by atoms with Crippen LogP contribution in [0.25, 0.3) is 0 Å². The van der Waals surface area contributed by atoms with Crippen LogP contribution in [0.5, 0.6) is 0 Å².